The van der Waals surface area contributed by atoms with Crippen molar-refractivity contribution < 1.29 is 4.79 Å². The van der Waals surface area contributed by atoms with Gasteiger partial charge in [0.15, 0.2) is 0 Å². The van der Waals surface area contributed by atoms with Crippen LogP contribution in [0.3, 0.4) is 0 Å². The molecule has 1 aromatic rings. The van der Waals surface area contributed by atoms with Crippen LogP contribution >= 0.6 is 11.3 Å². The van der Waals surface area contributed by atoms with Gasteiger partial charge in [-0.2, -0.15) is 0 Å². The molecule has 0 spiro atoms. The molecule has 0 aliphatic heterocycles. The van der Waals surface area contributed by atoms with Gasteiger partial charge in [0.1, 0.15) is 0 Å². The Balaban J connectivity index is 1.82. The lowest BCUT2D eigenvalue weighted by atomic mass is 9.85. The van der Waals surface area contributed by atoms with Gasteiger partial charge in [-0.25, -0.2) is 0 Å². The maximum Gasteiger partial charge on any atom is 0.223 e. The molecule has 0 radical (unpaired) electrons. The van der Waals surface area contributed by atoms with Gasteiger partial charge in [-0.05, 0) is 25.0 Å². The Hall–Kier alpha value is -1.31. The largest absolute Gasteiger partial charge is 0.351 e. The van der Waals surface area contributed by atoms with Gasteiger partial charge in [0.2, 0.25) is 5.91 Å². The molecule has 1 heterocycles. The summed E-state index contributed by atoms with van der Waals surface area (Å²) in [5.41, 5.74) is 5.31. The Morgan fingerprint density at radius 3 is 3.00 bits per heavy atom. The Morgan fingerprint density at radius 1 is 1.53 bits per heavy atom. The van der Waals surface area contributed by atoms with E-state index in [0.29, 0.717) is 13.1 Å². The average molecular weight is 248 g/mol. The van der Waals surface area contributed by atoms with Crippen molar-refractivity contribution in [1.29, 1.82) is 0 Å². The normalized spacial score (nSPS) is 14.6. The summed E-state index contributed by atoms with van der Waals surface area (Å²) in [6.07, 6.45) is 3.28. The molecule has 90 valence electrons. The molecule has 1 aliphatic carbocycles. The van der Waals surface area contributed by atoms with Gasteiger partial charge in [-0.15, -0.1) is 11.3 Å². The summed E-state index contributed by atoms with van der Waals surface area (Å²) < 4.78 is 0. The first-order valence-corrected chi connectivity index (χ1v) is 6.66. The third-order valence-electron chi connectivity index (χ3n) is 2.89. The summed E-state index contributed by atoms with van der Waals surface area (Å²) in [6.45, 7) is 0.996. The van der Waals surface area contributed by atoms with Crippen molar-refractivity contribution in [2.24, 2.45) is 11.7 Å². The monoisotopic (exact) mass is 248 g/mol. The van der Waals surface area contributed by atoms with E-state index in [1.165, 1.54) is 6.42 Å². The molecule has 1 fully saturated rings. The number of amides is 1. The van der Waals surface area contributed by atoms with Crippen molar-refractivity contribution in [2.45, 2.75) is 25.8 Å². The van der Waals surface area contributed by atoms with Crippen LogP contribution in [0.4, 0.5) is 0 Å². The van der Waals surface area contributed by atoms with Gasteiger partial charge in [0.05, 0.1) is 18.0 Å². The summed E-state index contributed by atoms with van der Waals surface area (Å²) >= 11 is 1.61. The average Bonchev–Trinajstić information content (AvgIpc) is 2.69. The van der Waals surface area contributed by atoms with E-state index in [4.69, 9.17) is 5.73 Å². The van der Waals surface area contributed by atoms with Crippen LogP contribution in [0.5, 0.6) is 0 Å². The second-order valence-electron chi connectivity index (χ2n) is 4.12. The number of hydrogen-bond acceptors (Lipinski definition) is 3. The highest BCUT2D eigenvalue weighted by Gasteiger charge is 2.24. The number of carbonyl (C=O) groups excluding carboxylic acids is 1. The molecule has 0 unspecified atom stereocenters. The summed E-state index contributed by atoms with van der Waals surface area (Å²) in [6, 6.07) is 3.98. The highest BCUT2D eigenvalue weighted by molar-refractivity contribution is 7.12. The number of nitrogens with one attached hydrogen (secondary N) is 1. The van der Waals surface area contributed by atoms with Gasteiger partial charge in [0.25, 0.3) is 0 Å². The first kappa shape index (κ1) is 12.2. The van der Waals surface area contributed by atoms with Crippen LogP contribution in [0.1, 0.15) is 29.0 Å². The number of thiophene rings is 1. The van der Waals surface area contributed by atoms with Gasteiger partial charge in [-0.3, -0.25) is 4.79 Å². The van der Waals surface area contributed by atoms with E-state index in [-0.39, 0.29) is 11.8 Å². The van der Waals surface area contributed by atoms with Crippen LogP contribution < -0.4 is 11.1 Å². The molecule has 0 atom stereocenters. The SMILES string of the molecule is NCC#Cc1ccc(CNC(=O)C2CCC2)s1. The topological polar surface area (TPSA) is 55.1 Å². The number of nitrogens with two attached hydrogens (primary N) is 1. The van der Waals surface area contributed by atoms with Gasteiger partial charge in [-0.1, -0.05) is 18.3 Å². The van der Waals surface area contributed by atoms with Crippen LogP contribution in [-0.2, 0) is 11.3 Å². The second-order valence-corrected chi connectivity index (χ2v) is 5.29. The molecule has 2 rings (SSSR count). The molecule has 3 N–H and O–H groups in total. The molecule has 1 saturated carbocycles. The van der Waals surface area contributed by atoms with Crippen molar-refractivity contribution in [3.63, 3.8) is 0 Å². The molecule has 1 aromatic heterocycles. The minimum atomic E-state index is 0.194. The standard InChI is InChI=1S/C13H16N2OS/c14-8-2-5-11-6-7-12(17-11)9-15-13(16)10-3-1-4-10/h6-7,10H,1,3-4,8-9,14H2,(H,15,16). The molecule has 0 aromatic carbocycles. The molecule has 0 saturated heterocycles. The van der Waals surface area contributed by atoms with Crippen LogP contribution in [-0.4, -0.2) is 12.5 Å². The van der Waals surface area contributed by atoms with Crippen molar-refractivity contribution in [3.8, 4) is 11.8 Å². The molecule has 4 heteroatoms. The third-order valence-corrected chi connectivity index (χ3v) is 3.89. The zero-order valence-corrected chi connectivity index (χ0v) is 10.5. The fourth-order valence-electron chi connectivity index (χ4n) is 1.67. The first-order chi connectivity index (χ1) is 8.29. The van der Waals surface area contributed by atoms with E-state index in [0.717, 1.165) is 22.6 Å². The third kappa shape index (κ3) is 3.32. The number of carbonyl (C=O) groups is 1. The summed E-state index contributed by atoms with van der Waals surface area (Å²) in [4.78, 5) is 13.8. The Morgan fingerprint density at radius 2 is 2.35 bits per heavy atom. The van der Waals surface area contributed by atoms with Crippen LogP contribution in [0.25, 0.3) is 0 Å². The minimum absolute atomic E-state index is 0.194. The summed E-state index contributed by atoms with van der Waals surface area (Å²) in [7, 11) is 0. The minimum Gasteiger partial charge on any atom is -0.351 e. The van der Waals surface area contributed by atoms with Gasteiger partial charge >= 0.3 is 0 Å². The predicted molar refractivity (Wildman–Crippen MR) is 69.4 cm³/mol. The Labute approximate surface area is 105 Å². The highest BCUT2D eigenvalue weighted by atomic mass is 32.1. The molecular weight excluding hydrogens is 232 g/mol. The molecule has 0 bridgehead atoms. The smallest absolute Gasteiger partial charge is 0.223 e. The van der Waals surface area contributed by atoms with Gasteiger partial charge < -0.3 is 11.1 Å². The molecular formula is C13H16N2OS. The first-order valence-electron chi connectivity index (χ1n) is 5.85. The Kier molecular flexibility index (Phi) is 4.18. The maximum atomic E-state index is 11.6. The summed E-state index contributed by atoms with van der Waals surface area (Å²) in [5, 5.41) is 2.97. The van der Waals surface area contributed by atoms with Crippen LogP contribution in [0.15, 0.2) is 12.1 Å². The van der Waals surface area contributed by atoms with E-state index in [9.17, 15) is 4.79 Å². The maximum absolute atomic E-state index is 11.6. The zero-order valence-electron chi connectivity index (χ0n) is 9.66. The lowest BCUT2D eigenvalue weighted by Gasteiger charge is -2.23. The quantitative estimate of drug-likeness (QED) is 0.796. The number of hydrogen-bond donors (Lipinski definition) is 2. The van der Waals surface area contributed by atoms with Crippen molar-refractivity contribution in [1.82, 2.24) is 5.32 Å². The van der Waals surface area contributed by atoms with Crippen molar-refractivity contribution in [3.05, 3.63) is 21.9 Å². The Bertz CT molecular complexity index is 451. The molecule has 1 aliphatic rings. The zero-order chi connectivity index (χ0) is 12.1. The molecule has 1 amide bonds. The summed E-state index contributed by atoms with van der Waals surface area (Å²) in [5.74, 6) is 6.26. The fraction of sp³-hybridized carbons (Fsp3) is 0.462. The van der Waals surface area contributed by atoms with E-state index in [1.54, 1.807) is 11.3 Å². The highest BCUT2D eigenvalue weighted by Crippen LogP contribution is 2.26. The molecule has 3 nitrogen and oxygen atoms in total. The van der Waals surface area contributed by atoms with E-state index < -0.39 is 0 Å². The lowest BCUT2D eigenvalue weighted by Crippen LogP contribution is -2.33. The molecule has 17 heavy (non-hydrogen) atoms. The predicted octanol–water partition coefficient (Wildman–Crippen LogP) is 1.47. The van der Waals surface area contributed by atoms with Crippen LogP contribution in [0, 0.1) is 17.8 Å². The van der Waals surface area contributed by atoms with Crippen molar-refractivity contribution >= 4 is 17.2 Å². The van der Waals surface area contributed by atoms with Crippen LogP contribution in [0.2, 0.25) is 0 Å². The van der Waals surface area contributed by atoms with E-state index >= 15 is 0 Å². The lowest BCUT2D eigenvalue weighted by molar-refractivity contribution is -0.127. The van der Waals surface area contributed by atoms with Gasteiger partial charge in [0, 0.05) is 10.8 Å². The van der Waals surface area contributed by atoms with Crippen molar-refractivity contribution in [2.75, 3.05) is 6.54 Å². The van der Waals surface area contributed by atoms with E-state index in [1.807, 2.05) is 12.1 Å². The second kappa shape index (κ2) is 5.85. The fourth-order valence-corrected chi connectivity index (χ4v) is 2.49. The van der Waals surface area contributed by atoms with E-state index in [2.05, 4.69) is 17.2 Å². The number of rotatable bonds is 3.